The van der Waals surface area contributed by atoms with E-state index in [1.165, 1.54) is 0 Å². The molecule has 1 atom stereocenters. The molecule has 3 N–H and O–H groups in total. The third-order valence-electron chi connectivity index (χ3n) is 3.80. The van der Waals surface area contributed by atoms with Crippen LogP contribution in [0, 0.1) is 5.92 Å². The van der Waals surface area contributed by atoms with Crippen molar-refractivity contribution in [3.8, 4) is 0 Å². The first-order valence-electron chi connectivity index (χ1n) is 6.67. The molecule has 0 amide bonds. The van der Waals surface area contributed by atoms with Gasteiger partial charge >= 0.3 is 11.1 Å². The number of aromatic amines is 2. The molecule has 6 heteroatoms. The van der Waals surface area contributed by atoms with E-state index in [4.69, 9.17) is 4.74 Å². The summed E-state index contributed by atoms with van der Waals surface area (Å²) in [5.41, 5.74) is 0.466. The Hall–Kier alpha value is -1.92. The molecule has 20 heavy (non-hydrogen) atoms. The summed E-state index contributed by atoms with van der Waals surface area (Å²) in [5.74, 6) is 0.163. The summed E-state index contributed by atoms with van der Waals surface area (Å²) in [7, 11) is 0. The fraction of sp³-hybridized carbons (Fsp3) is 0.429. The van der Waals surface area contributed by atoms with Gasteiger partial charge in [0, 0.05) is 13.2 Å². The second-order valence-corrected chi connectivity index (χ2v) is 5.11. The second-order valence-electron chi connectivity index (χ2n) is 5.11. The zero-order valence-electron chi connectivity index (χ0n) is 10.9. The van der Waals surface area contributed by atoms with Gasteiger partial charge in [0.15, 0.2) is 0 Å². The molecule has 0 saturated carbocycles. The Morgan fingerprint density at radius 2 is 1.75 bits per heavy atom. The molecule has 0 radical (unpaired) electrons. The average molecular weight is 276 g/mol. The van der Waals surface area contributed by atoms with E-state index in [1.807, 2.05) is 0 Å². The maximum Gasteiger partial charge on any atom is 0.314 e. The fourth-order valence-corrected chi connectivity index (χ4v) is 2.62. The molecule has 0 aliphatic carbocycles. The topological polar surface area (TPSA) is 95.2 Å². The number of H-pyrrole nitrogens is 2. The molecule has 1 saturated heterocycles. The third kappa shape index (κ3) is 2.39. The number of rotatable bonds is 2. The van der Waals surface area contributed by atoms with E-state index in [2.05, 4.69) is 9.97 Å². The average Bonchev–Trinajstić information content (AvgIpc) is 2.48. The van der Waals surface area contributed by atoms with Crippen molar-refractivity contribution in [2.45, 2.75) is 18.9 Å². The zero-order chi connectivity index (χ0) is 14.1. The van der Waals surface area contributed by atoms with Gasteiger partial charge in [0.25, 0.3) is 0 Å². The lowest BCUT2D eigenvalue weighted by Crippen LogP contribution is -2.29. The van der Waals surface area contributed by atoms with E-state index >= 15 is 0 Å². The Kier molecular flexibility index (Phi) is 3.42. The predicted octanol–water partition coefficient (Wildman–Crippen LogP) is 0.676. The maximum atomic E-state index is 11.3. The Bertz CT molecular complexity index is 728. The van der Waals surface area contributed by atoms with Gasteiger partial charge in [-0.25, -0.2) is 0 Å². The Morgan fingerprint density at radius 3 is 2.45 bits per heavy atom. The van der Waals surface area contributed by atoms with Crippen LogP contribution < -0.4 is 11.1 Å². The van der Waals surface area contributed by atoms with Crippen LogP contribution in [0.3, 0.4) is 0 Å². The van der Waals surface area contributed by atoms with Crippen molar-refractivity contribution < 1.29 is 9.84 Å². The van der Waals surface area contributed by atoms with E-state index in [1.54, 1.807) is 18.2 Å². The first-order valence-corrected chi connectivity index (χ1v) is 6.67. The SMILES string of the molecule is O=c1[nH]c2ccc(C(O)C3CCOCC3)cc2[nH]c1=O. The van der Waals surface area contributed by atoms with Gasteiger partial charge < -0.3 is 19.8 Å². The number of aromatic nitrogens is 2. The van der Waals surface area contributed by atoms with Crippen LogP contribution in [-0.2, 0) is 4.74 Å². The number of hydrogen-bond donors (Lipinski definition) is 3. The summed E-state index contributed by atoms with van der Waals surface area (Å²) in [5, 5.41) is 10.4. The van der Waals surface area contributed by atoms with Gasteiger partial charge in [-0.1, -0.05) is 6.07 Å². The van der Waals surface area contributed by atoms with E-state index in [0.29, 0.717) is 24.2 Å². The Labute approximate surface area is 114 Å². The van der Waals surface area contributed by atoms with Gasteiger partial charge in [-0.3, -0.25) is 9.59 Å². The van der Waals surface area contributed by atoms with E-state index in [0.717, 1.165) is 18.4 Å². The van der Waals surface area contributed by atoms with Gasteiger partial charge in [-0.2, -0.15) is 0 Å². The van der Waals surface area contributed by atoms with Gasteiger partial charge in [-0.05, 0) is 36.5 Å². The molecule has 0 spiro atoms. The molecule has 1 aromatic carbocycles. The molecule has 1 aromatic heterocycles. The summed E-state index contributed by atoms with van der Waals surface area (Å²) >= 11 is 0. The van der Waals surface area contributed by atoms with Crippen LogP contribution in [0.4, 0.5) is 0 Å². The van der Waals surface area contributed by atoms with Crippen LogP contribution in [0.25, 0.3) is 11.0 Å². The van der Waals surface area contributed by atoms with Gasteiger partial charge in [0.2, 0.25) is 0 Å². The summed E-state index contributed by atoms with van der Waals surface area (Å²) in [4.78, 5) is 27.6. The van der Waals surface area contributed by atoms with Crippen molar-refractivity contribution in [1.29, 1.82) is 0 Å². The summed E-state index contributed by atoms with van der Waals surface area (Å²) in [6.07, 6.45) is 1.06. The van der Waals surface area contributed by atoms with Crippen molar-refractivity contribution in [1.82, 2.24) is 9.97 Å². The molecule has 0 bridgehead atoms. The number of hydrogen-bond acceptors (Lipinski definition) is 4. The summed E-state index contributed by atoms with van der Waals surface area (Å²) in [6, 6.07) is 5.19. The van der Waals surface area contributed by atoms with Crippen molar-refractivity contribution >= 4 is 11.0 Å². The predicted molar refractivity (Wildman–Crippen MR) is 73.7 cm³/mol. The van der Waals surface area contributed by atoms with Crippen LogP contribution >= 0.6 is 0 Å². The van der Waals surface area contributed by atoms with E-state index in [-0.39, 0.29) is 5.92 Å². The Morgan fingerprint density at radius 1 is 1.10 bits per heavy atom. The van der Waals surface area contributed by atoms with Gasteiger partial charge in [0.1, 0.15) is 0 Å². The van der Waals surface area contributed by atoms with Gasteiger partial charge in [0.05, 0.1) is 17.1 Å². The zero-order valence-corrected chi connectivity index (χ0v) is 10.9. The standard InChI is InChI=1S/C14H16N2O4/c17-12(8-3-5-20-6-4-8)9-1-2-10-11(7-9)16-14(19)13(18)15-10/h1-2,7-8,12,17H,3-6H2,(H,15,18)(H,16,19). The quantitative estimate of drug-likeness (QED) is 0.703. The van der Waals surface area contributed by atoms with Gasteiger partial charge in [-0.15, -0.1) is 0 Å². The van der Waals surface area contributed by atoms with Crippen LogP contribution in [0.2, 0.25) is 0 Å². The van der Waals surface area contributed by atoms with Crippen molar-refractivity contribution in [2.24, 2.45) is 5.92 Å². The lowest BCUT2D eigenvalue weighted by Gasteiger charge is -2.27. The third-order valence-corrected chi connectivity index (χ3v) is 3.80. The molecular weight excluding hydrogens is 260 g/mol. The number of aliphatic hydroxyl groups is 1. The van der Waals surface area contributed by atoms with Crippen molar-refractivity contribution in [2.75, 3.05) is 13.2 Å². The number of aliphatic hydroxyl groups excluding tert-OH is 1. The second kappa shape index (κ2) is 5.22. The molecule has 3 rings (SSSR count). The van der Waals surface area contributed by atoms with E-state index < -0.39 is 17.2 Å². The minimum absolute atomic E-state index is 0.163. The highest BCUT2D eigenvalue weighted by Gasteiger charge is 2.23. The first-order chi connectivity index (χ1) is 9.65. The fourth-order valence-electron chi connectivity index (χ4n) is 2.62. The molecule has 6 nitrogen and oxygen atoms in total. The Balaban J connectivity index is 1.97. The molecule has 1 fully saturated rings. The van der Waals surface area contributed by atoms with Crippen LogP contribution in [0.15, 0.2) is 27.8 Å². The maximum absolute atomic E-state index is 11.3. The summed E-state index contributed by atoms with van der Waals surface area (Å²) < 4.78 is 5.29. The molecule has 106 valence electrons. The lowest BCUT2D eigenvalue weighted by atomic mass is 9.89. The minimum atomic E-state index is -0.685. The first kappa shape index (κ1) is 13.1. The monoisotopic (exact) mass is 276 g/mol. The molecular formula is C14H16N2O4. The number of ether oxygens (including phenoxy) is 1. The minimum Gasteiger partial charge on any atom is -0.388 e. The molecule has 2 aromatic rings. The smallest absolute Gasteiger partial charge is 0.314 e. The highest BCUT2D eigenvalue weighted by molar-refractivity contribution is 5.74. The highest BCUT2D eigenvalue weighted by Crippen LogP contribution is 2.30. The lowest BCUT2D eigenvalue weighted by molar-refractivity contribution is 0.00723. The molecule has 1 aliphatic rings. The largest absolute Gasteiger partial charge is 0.388 e. The van der Waals surface area contributed by atoms with Crippen LogP contribution in [0.5, 0.6) is 0 Å². The van der Waals surface area contributed by atoms with E-state index in [9.17, 15) is 14.7 Å². The molecule has 2 heterocycles. The highest BCUT2D eigenvalue weighted by atomic mass is 16.5. The summed E-state index contributed by atoms with van der Waals surface area (Å²) in [6.45, 7) is 1.33. The number of nitrogens with one attached hydrogen (secondary N) is 2. The number of fused-ring (bicyclic) bond motifs is 1. The number of benzene rings is 1. The van der Waals surface area contributed by atoms with Crippen LogP contribution in [0.1, 0.15) is 24.5 Å². The molecule has 1 aliphatic heterocycles. The molecule has 1 unspecified atom stereocenters. The van der Waals surface area contributed by atoms with Crippen LogP contribution in [-0.4, -0.2) is 28.3 Å². The van der Waals surface area contributed by atoms with Crippen molar-refractivity contribution in [3.63, 3.8) is 0 Å². The normalized spacial score (nSPS) is 18.2. The van der Waals surface area contributed by atoms with Crippen molar-refractivity contribution in [3.05, 3.63) is 44.5 Å².